The third-order valence-electron chi connectivity index (χ3n) is 9.69. The highest BCUT2D eigenvalue weighted by Crippen LogP contribution is 2.17. The summed E-state index contributed by atoms with van der Waals surface area (Å²) in [5.41, 5.74) is 0. The molecule has 1 rings (SSSR count). The first-order chi connectivity index (χ1) is 20.6. The molecule has 0 saturated heterocycles. The number of aromatic amines is 1. The van der Waals surface area contributed by atoms with E-state index in [9.17, 15) is 0 Å². The summed E-state index contributed by atoms with van der Waals surface area (Å²) in [6.45, 7) is 9.43. The molecule has 1 aromatic rings. The van der Waals surface area contributed by atoms with Gasteiger partial charge in [-0.05, 0) is 32.1 Å². The van der Waals surface area contributed by atoms with Gasteiger partial charge in [0.25, 0.3) is 5.82 Å². The Balaban J connectivity index is 1.89. The molecule has 42 heavy (non-hydrogen) atoms. The van der Waals surface area contributed by atoms with Gasteiger partial charge < -0.3 is 0 Å². The molecule has 0 spiro atoms. The molecule has 1 unspecified atom stereocenters. The second-order valence-corrected chi connectivity index (χ2v) is 14.4. The normalized spacial score (nSPS) is 12.5. The van der Waals surface area contributed by atoms with E-state index in [1.165, 1.54) is 205 Å². The zero-order valence-corrected chi connectivity index (χ0v) is 29.7. The van der Waals surface area contributed by atoms with Crippen molar-refractivity contribution in [3.8, 4) is 0 Å². The SMILES string of the molecule is CCCCCCCCCCCCCCCCC(C)[n+]1cc[nH]c1CCCCCCCCCCCCCCCCC(C)C. The van der Waals surface area contributed by atoms with Crippen LogP contribution >= 0.6 is 0 Å². The summed E-state index contributed by atoms with van der Waals surface area (Å²) in [5, 5.41) is 0. The number of imidazole rings is 1. The fourth-order valence-corrected chi connectivity index (χ4v) is 6.73. The number of rotatable bonds is 33. The van der Waals surface area contributed by atoms with Crippen molar-refractivity contribution in [3.05, 3.63) is 18.2 Å². The minimum atomic E-state index is 0.633. The first kappa shape index (κ1) is 39.2. The van der Waals surface area contributed by atoms with Crippen LogP contribution in [0.15, 0.2) is 12.4 Å². The molecule has 0 aliphatic rings. The van der Waals surface area contributed by atoms with E-state index in [1.54, 1.807) is 0 Å². The molecule has 2 nitrogen and oxygen atoms in total. The van der Waals surface area contributed by atoms with Crippen LogP contribution in [0.1, 0.15) is 232 Å². The molecule has 2 heteroatoms. The number of nitrogens with one attached hydrogen (secondary N) is 1. The molecule has 1 N–H and O–H groups in total. The van der Waals surface area contributed by atoms with Gasteiger partial charge in [0.1, 0.15) is 12.4 Å². The number of aryl methyl sites for hydroxylation is 1. The number of hydrogen-bond acceptors (Lipinski definition) is 0. The number of H-pyrrole nitrogens is 1. The highest BCUT2D eigenvalue weighted by molar-refractivity contribution is 4.78. The van der Waals surface area contributed by atoms with Crippen LogP contribution in [-0.4, -0.2) is 4.98 Å². The number of hydrogen-bond donors (Lipinski definition) is 1. The third-order valence-corrected chi connectivity index (χ3v) is 9.69. The van der Waals surface area contributed by atoms with Gasteiger partial charge in [-0.3, -0.25) is 0 Å². The lowest BCUT2D eigenvalue weighted by atomic mass is 10.0. The van der Waals surface area contributed by atoms with E-state index in [1.807, 2.05) is 0 Å². The predicted molar refractivity (Wildman–Crippen MR) is 188 cm³/mol. The summed E-state index contributed by atoms with van der Waals surface area (Å²) in [7, 11) is 0. The molecule has 1 atom stereocenters. The molecule has 1 heterocycles. The molecule has 0 saturated carbocycles. The Morgan fingerprint density at radius 2 is 0.833 bits per heavy atom. The highest BCUT2D eigenvalue weighted by Gasteiger charge is 2.16. The molecule has 0 fully saturated rings. The Labute approximate surface area is 266 Å². The lowest BCUT2D eigenvalue weighted by Gasteiger charge is -2.10. The molecule has 0 amide bonds. The van der Waals surface area contributed by atoms with Crippen molar-refractivity contribution in [3.63, 3.8) is 0 Å². The average Bonchev–Trinajstić information content (AvgIpc) is 3.45. The summed E-state index contributed by atoms with van der Waals surface area (Å²) in [5.74, 6) is 2.34. The van der Waals surface area contributed by atoms with Crippen molar-refractivity contribution in [2.45, 2.75) is 233 Å². The number of nitrogens with zero attached hydrogens (tertiary/aromatic N) is 1. The van der Waals surface area contributed by atoms with E-state index in [-0.39, 0.29) is 0 Å². The van der Waals surface area contributed by atoms with Gasteiger partial charge in [-0.1, -0.05) is 194 Å². The van der Waals surface area contributed by atoms with Crippen LogP contribution in [0.25, 0.3) is 0 Å². The maximum Gasteiger partial charge on any atom is 0.254 e. The van der Waals surface area contributed by atoms with Gasteiger partial charge >= 0.3 is 0 Å². The van der Waals surface area contributed by atoms with E-state index in [4.69, 9.17) is 0 Å². The van der Waals surface area contributed by atoms with Crippen LogP contribution in [0, 0.1) is 5.92 Å². The maximum atomic E-state index is 3.56. The molecule has 0 bridgehead atoms. The van der Waals surface area contributed by atoms with E-state index in [0.717, 1.165) is 5.92 Å². The van der Waals surface area contributed by atoms with Crippen LogP contribution in [0.2, 0.25) is 0 Å². The maximum absolute atomic E-state index is 3.56. The number of unbranched alkanes of at least 4 members (excludes halogenated alkanes) is 26. The van der Waals surface area contributed by atoms with E-state index < -0.39 is 0 Å². The van der Waals surface area contributed by atoms with Crippen molar-refractivity contribution >= 4 is 0 Å². The summed E-state index contributed by atoms with van der Waals surface area (Å²) in [6, 6.07) is 0.633. The second-order valence-electron chi connectivity index (χ2n) is 14.4. The summed E-state index contributed by atoms with van der Waals surface area (Å²) in [6.07, 6.45) is 48.8. The lowest BCUT2D eigenvalue weighted by Crippen LogP contribution is -2.39. The van der Waals surface area contributed by atoms with Gasteiger partial charge in [0.05, 0.1) is 6.04 Å². The second kappa shape index (κ2) is 30.2. The number of aromatic nitrogens is 2. The van der Waals surface area contributed by atoms with Crippen molar-refractivity contribution in [2.75, 3.05) is 0 Å². The Hall–Kier alpha value is -0.790. The summed E-state index contributed by atoms with van der Waals surface area (Å²) in [4.78, 5) is 3.56. The van der Waals surface area contributed by atoms with Gasteiger partial charge in [-0.2, -0.15) is 0 Å². The van der Waals surface area contributed by atoms with Gasteiger partial charge in [-0.25, -0.2) is 9.55 Å². The Bertz CT molecular complexity index is 648. The molecule has 0 aromatic carbocycles. The molecule has 1 aromatic heterocycles. The van der Waals surface area contributed by atoms with Crippen molar-refractivity contribution < 1.29 is 4.57 Å². The first-order valence-corrected chi connectivity index (χ1v) is 19.7. The third kappa shape index (κ3) is 24.6. The van der Waals surface area contributed by atoms with Gasteiger partial charge in [0.15, 0.2) is 0 Å². The van der Waals surface area contributed by atoms with E-state index in [2.05, 4.69) is 49.6 Å². The van der Waals surface area contributed by atoms with Crippen molar-refractivity contribution in [2.24, 2.45) is 5.92 Å². The minimum Gasteiger partial charge on any atom is -0.248 e. The van der Waals surface area contributed by atoms with Gasteiger partial charge in [0, 0.05) is 6.42 Å². The fraction of sp³-hybridized carbons (Fsp3) is 0.925. The first-order valence-electron chi connectivity index (χ1n) is 19.7. The quantitative estimate of drug-likeness (QED) is 0.0623. The fourth-order valence-electron chi connectivity index (χ4n) is 6.73. The van der Waals surface area contributed by atoms with Gasteiger partial charge in [-0.15, -0.1) is 0 Å². The molecular formula is C40H79N2+. The van der Waals surface area contributed by atoms with Crippen LogP contribution in [-0.2, 0) is 6.42 Å². The summed E-state index contributed by atoms with van der Waals surface area (Å²) < 4.78 is 2.54. The molecule has 248 valence electrons. The monoisotopic (exact) mass is 588 g/mol. The van der Waals surface area contributed by atoms with Crippen molar-refractivity contribution in [1.29, 1.82) is 0 Å². The predicted octanol–water partition coefficient (Wildman–Crippen LogP) is 13.8. The highest BCUT2D eigenvalue weighted by atomic mass is 15.1. The minimum absolute atomic E-state index is 0.633. The average molecular weight is 588 g/mol. The molecular weight excluding hydrogens is 508 g/mol. The zero-order valence-electron chi connectivity index (χ0n) is 29.7. The van der Waals surface area contributed by atoms with Gasteiger partial charge in [0.2, 0.25) is 0 Å². The Morgan fingerprint density at radius 3 is 1.24 bits per heavy atom. The largest absolute Gasteiger partial charge is 0.254 e. The van der Waals surface area contributed by atoms with Crippen molar-refractivity contribution in [1.82, 2.24) is 4.98 Å². The molecule has 0 aliphatic heterocycles. The molecule has 0 aliphatic carbocycles. The smallest absolute Gasteiger partial charge is 0.248 e. The van der Waals surface area contributed by atoms with Crippen LogP contribution < -0.4 is 4.57 Å². The standard InChI is InChI=1S/C40H78N2/c1-5-6-7-8-9-10-11-12-16-19-22-25-28-31-34-39(4)42-37-36-41-40(42)35-32-29-26-23-20-17-14-13-15-18-21-24-27-30-33-38(2)3/h36-39H,5-35H2,1-4H3/p+1. The van der Waals surface area contributed by atoms with E-state index >= 15 is 0 Å². The van der Waals surface area contributed by atoms with Crippen LogP contribution in [0.5, 0.6) is 0 Å². The summed E-state index contributed by atoms with van der Waals surface area (Å²) >= 11 is 0. The zero-order chi connectivity index (χ0) is 30.4. The van der Waals surface area contributed by atoms with Crippen LogP contribution in [0.4, 0.5) is 0 Å². The Kier molecular flexibility index (Phi) is 28.3. The molecule has 0 radical (unpaired) electrons. The van der Waals surface area contributed by atoms with E-state index in [0.29, 0.717) is 6.04 Å². The Morgan fingerprint density at radius 1 is 0.476 bits per heavy atom. The van der Waals surface area contributed by atoms with Crippen LogP contribution in [0.3, 0.4) is 0 Å². The topological polar surface area (TPSA) is 19.7 Å². The lowest BCUT2D eigenvalue weighted by molar-refractivity contribution is -0.726.